The van der Waals surface area contributed by atoms with Crippen molar-refractivity contribution >= 4 is 29.4 Å². The molecule has 1 saturated heterocycles. The van der Waals surface area contributed by atoms with Crippen LogP contribution in [-0.4, -0.2) is 36.7 Å². The predicted octanol–water partition coefficient (Wildman–Crippen LogP) is 4.63. The summed E-state index contributed by atoms with van der Waals surface area (Å²) in [5.41, 5.74) is 2.07. The Morgan fingerprint density at radius 3 is 2.50 bits per heavy atom. The molecule has 3 nitrogen and oxygen atoms in total. The van der Waals surface area contributed by atoms with Crippen LogP contribution in [0.1, 0.15) is 59.0 Å². The highest BCUT2D eigenvalue weighted by Gasteiger charge is 2.18. The molecule has 2 aliphatic rings. The van der Waals surface area contributed by atoms with Crippen LogP contribution in [0, 0.1) is 0 Å². The van der Waals surface area contributed by atoms with Gasteiger partial charge in [0, 0.05) is 30.2 Å². The third-order valence-corrected chi connectivity index (χ3v) is 7.68. The van der Waals surface area contributed by atoms with Crippen molar-refractivity contribution in [2.75, 3.05) is 24.7 Å². The molecule has 0 bridgehead atoms. The minimum Gasteiger partial charge on any atom is -0.378 e. The maximum Gasteiger partial charge on any atom is 0.251 e. The number of rotatable bonds is 7. The van der Waals surface area contributed by atoms with Gasteiger partial charge in [-0.15, -0.1) is 23.5 Å². The van der Waals surface area contributed by atoms with Gasteiger partial charge >= 0.3 is 0 Å². The maximum atomic E-state index is 12.2. The highest BCUT2D eigenvalue weighted by molar-refractivity contribution is 8.19. The summed E-state index contributed by atoms with van der Waals surface area (Å²) in [5, 5.41) is 3.00. The lowest BCUT2D eigenvalue weighted by molar-refractivity contribution is 0.0273. The Bertz CT molecular complexity index is 509. The van der Waals surface area contributed by atoms with Crippen LogP contribution in [0.4, 0.5) is 0 Å². The summed E-state index contributed by atoms with van der Waals surface area (Å²) in [6.07, 6.45) is 7.70. The van der Waals surface area contributed by atoms with Gasteiger partial charge in [-0.3, -0.25) is 4.79 Å². The van der Waals surface area contributed by atoms with Crippen LogP contribution in [-0.2, 0) is 4.74 Å². The first kappa shape index (κ1) is 18.2. The Kier molecular flexibility index (Phi) is 7.36. The zero-order valence-electron chi connectivity index (χ0n) is 14.2. The van der Waals surface area contributed by atoms with E-state index >= 15 is 0 Å². The molecule has 1 N–H and O–H groups in total. The quantitative estimate of drug-likeness (QED) is 0.715. The Labute approximate surface area is 153 Å². The lowest BCUT2D eigenvalue weighted by atomic mass is 9.98. The molecule has 1 aromatic rings. The second-order valence-electron chi connectivity index (χ2n) is 6.44. The molecule has 0 unspecified atom stereocenters. The van der Waals surface area contributed by atoms with Crippen LogP contribution in [0.5, 0.6) is 0 Å². The molecule has 0 spiro atoms. The number of carbonyl (C=O) groups is 1. The van der Waals surface area contributed by atoms with Crippen molar-refractivity contribution in [1.82, 2.24) is 5.32 Å². The standard InChI is InChI=1S/C19H27NO2S2/c21-18(20-11-4-12-22-17-5-2-1-3-6-17)15-7-9-16(10-8-15)19-23-13-14-24-19/h7-10,17,19H,1-6,11-14H2,(H,20,21). The van der Waals surface area contributed by atoms with Crippen molar-refractivity contribution in [3.05, 3.63) is 35.4 Å². The van der Waals surface area contributed by atoms with Crippen molar-refractivity contribution in [1.29, 1.82) is 0 Å². The molecule has 0 aromatic heterocycles. The lowest BCUT2D eigenvalue weighted by Crippen LogP contribution is -2.26. The zero-order chi connectivity index (χ0) is 16.6. The van der Waals surface area contributed by atoms with E-state index in [1.54, 1.807) is 0 Å². The van der Waals surface area contributed by atoms with E-state index in [2.05, 4.69) is 17.4 Å². The molecule has 1 aromatic carbocycles. The molecule has 1 saturated carbocycles. The molecule has 132 valence electrons. The number of hydrogen-bond donors (Lipinski definition) is 1. The van der Waals surface area contributed by atoms with Gasteiger partial charge in [-0.1, -0.05) is 31.4 Å². The normalized spacial score (nSPS) is 19.5. The van der Waals surface area contributed by atoms with Crippen molar-refractivity contribution < 1.29 is 9.53 Å². The Morgan fingerprint density at radius 1 is 1.08 bits per heavy atom. The number of thioether (sulfide) groups is 2. The smallest absolute Gasteiger partial charge is 0.251 e. The Morgan fingerprint density at radius 2 is 1.79 bits per heavy atom. The van der Waals surface area contributed by atoms with Crippen LogP contribution in [0.25, 0.3) is 0 Å². The van der Waals surface area contributed by atoms with Crippen LogP contribution in [0.3, 0.4) is 0 Å². The number of carbonyl (C=O) groups excluding carboxylic acids is 1. The molecule has 1 amide bonds. The molecule has 24 heavy (non-hydrogen) atoms. The predicted molar refractivity (Wildman–Crippen MR) is 104 cm³/mol. The first-order chi connectivity index (χ1) is 11.8. The van der Waals surface area contributed by atoms with E-state index in [-0.39, 0.29) is 5.91 Å². The first-order valence-electron chi connectivity index (χ1n) is 9.06. The van der Waals surface area contributed by atoms with E-state index in [9.17, 15) is 4.79 Å². The van der Waals surface area contributed by atoms with Crippen LogP contribution >= 0.6 is 23.5 Å². The summed E-state index contributed by atoms with van der Waals surface area (Å²) < 4.78 is 6.43. The zero-order valence-corrected chi connectivity index (χ0v) is 15.8. The molecular formula is C19H27NO2S2. The minimum atomic E-state index is 0.0194. The molecular weight excluding hydrogens is 338 g/mol. The number of hydrogen-bond acceptors (Lipinski definition) is 4. The average molecular weight is 366 g/mol. The monoisotopic (exact) mass is 365 g/mol. The van der Waals surface area contributed by atoms with E-state index in [1.165, 1.54) is 49.2 Å². The number of ether oxygens (including phenoxy) is 1. The molecule has 2 fully saturated rings. The number of benzene rings is 1. The topological polar surface area (TPSA) is 38.3 Å². The Balaban J connectivity index is 1.34. The highest BCUT2D eigenvalue weighted by Crippen LogP contribution is 2.45. The molecule has 0 atom stereocenters. The van der Waals surface area contributed by atoms with Gasteiger partial charge in [-0.05, 0) is 37.0 Å². The van der Waals surface area contributed by atoms with Gasteiger partial charge in [0.1, 0.15) is 0 Å². The maximum absolute atomic E-state index is 12.2. The fraction of sp³-hybridized carbons (Fsp3) is 0.632. The highest BCUT2D eigenvalue weighted by atomic mass is 32.2. The summed E-state index contributed by atoms with van der Waals surface area (Å²) in [4.78, 5) is 12.2. The van der Waals surface area contributed by atoms with Crippen LogP contribution in [0.15, 0.2) is 24.3 Å². The van der Waals surface area contributed by atoms with Crippen LogP contribution < -0.4 is 5.32 Å². The van der Waals surface area contributed by atoms with E-state index < -0.39 is 0 Å². The Hall–Kier alpha value is -0.650. The molecule has 1 aliphatic carbocycles. The van der Waals surface area contributed by atoms with Crippen molar-refractivity contribution in [2.24, 2.45) is 0 Å². The fourth-order valence-electron chi connectivity index (χ4n) is 3.20. The van der Waals surface area contributed by atoms with E-state index in [0.29, 0.717) is 17.2 Å². The van der Waals surface area contributed by atoms with E-state index in [0.717, 1.165) is 18.6 Å². The van der Waals surface area contributed by atoms with Crippen LogP contribution in [0.2, 0.25) is 0 Å². The molecule has 1 heterocycles. The van der Waals surface area contributed by atoms with Crippen molar-refractivity contribution in [3.8, 4) is 0 Å². The summed E-state index contributed by atoms with van der Waals surface area (Å²) in [6.45, 7) is 1.43. The summed E-state index contributed by atoms with van der Waals surface area (Å²) in [6, 6.07) is 8.08. The van der Waals surface area contributed by atoms with Gasteiger partial charge in [0.05, 0.1) is 10.7 Å². The average Bonchev–Trinajstić information content (AvgIpc) is 3.17. The van der Waals surface area contributed by atoms with Gasteiger partial charge in [-0.2, -0.15) is 0 Å². The van der Waals surface area contributed by atoms with Crippen molar-refractivity contribution in [2.45, 2.75) is 49.2 Å². The van der Waals surface area contributed by atoms with Gasteiger partial charge in [0.25, 0.3) is 5.91 Å². The molecule has 5 heteroatoms. The third kappa shape index (κ3) is 5.43. The molecule has 0 radical (unpaired) electrons. The second kappa shape index (κ2) is 9.73. The first-order valence-corrected chi connectivity index (χ1v) is 11.2. The summed E-state index contributed by atoms with van der Waals surface area (Å²) in [5.74, 6) is 2.46. The SMILES string of the molecule is O=C(NCCCOC1CCCCC1)c1ccc(C2SCCS2)cc1. The van der Waals surface area contributed by atoms with Crippen molar-refractivity contribution in [3.63, 3.8) is 0 Å². The largest absolute Gasteiger partial charge is 0.378 e. The third-order valence-electron chi connectivity index (χ3n) is 4.58. The van der Waals surface area contributed by atoms with Gasteiger partial charge in [-0.25, -0.2) is 0 Å². The van der Waals surface area contributed by atoms with Gasteiger partial charge in [0.15, 0.2) is 0 Å². The lowest BCUT2D eigenvalue weighted by Gasteiger charge is -2.21. The van der Waals surface area contributed by atoms with E-state index in [4.69, 9.17) is 4.74 Å². The molecule has 1 aliphatic heterocycles. The second-order valence-corrected chi connectivity index (χ2v) is 9.16. The van der Waals surface area contributed by atoms with E-state index in [1.807, 2.05) is 35.7 Å². The molecule has 3 rings (SSSR count). The number of amides is 1. The van der Waals surface area contributed by atoms with Gasteiger partial charge < -0.3 is 10.1 Å². The van der Waals surface area contributed by atoms with Gasteiger partial charge in [0.2, 0.25) is 0 Å². The summed E-state index contributed by atoms with van der Waals surface area (Å²) in [7, 11) is 0. The fourth-order valence-corrected chi connectivity index (χ4v) is 6.06. The number of nitrogens with one attached hydrogen (secondary N) is 1. The minimum absolute atomic E-state index is 0.0194. The summed E-state index contributed by atoms with van der Waals surface area (Å²) >= 11 is 3.98.